The first kappa shape index (κ1) is 16.8. The Hall–Kier alpha value is -1.56. The third-order valence-corrected chi connectivity index (χ3v) is 5.11. The van der Waals surface area contributed by atoms with Gasteiger partial charge in [0.05, 0.1) is 5.39 Å². The number of aryl methyl sites for hydroxylation is 2. The molecule has 0 saturated carbocycles. The minimum Gasteiger partial charge on any atom is -0.280 e. The average molecular weight is 321 g/mol. The lowest BCUT2D eigenvalue weighted by Crippen LogP contribution is -2.37. The highest BCUT2D eigenvalue weighted by molar-refractivity contribution is 7.99. The molecule has 5 nitrogen and oxygen atoms in total. The molecule has 0 unspecified atom stereocenters. The van der Waals surface area contributed by atoms with Crippen molar-refractivity contribution >= 4 is 22.8 Å². The SMILES string of the molecule is CCCCc1cnc2c(c1SCCC)c(=O)n(C)c(=O)n2C. The van der Waals surface area contributed by atoms with Crippen LogP contribution < -0.4 is 11.2 Å². The fourth-order valence-corrected chi connectivity index (χ4v) is 3.53. The largest absolute Gasteiger partial charge is 0.332 e. The number of unbranched alkanes of at least 4 members (excludes halogenated alkanes) is 1. The maximum atomic E-state index is 12.6. The molecule has 2 aromatic rings. The Morgan fingerprint density at radius 3 is 2.50 bits per heavy atom. The van der Waals surface area contributed by atoms with Gasteiger partial charge in [-0.25, -0.2) is 9.78 Å². The van der Waals surface area contributed by atoms with Crippen LogP contribution in [-0.2, 0) is 20.5 Å². The molecule has 6 heteroatoms. The summed E-state index contributed by atoms with van der Waals surface area (Å²) in [6.07, 6.45) is 5.94. The lowest BCUT2D eigenvalue weighted by Gasteiger charge is -2.14. The van der Waals surface area contributed by atoms with Gasteiger partial charge in [-0.2, -0.15) is 0 Å². The fraction of sp³-hybridized carbons (Fsp3) is 0.562. The molecule has 0 N–H and O–H groups in total. The van der Waals surface area contributed by atoms with Crippen molar-refractivity contribution < 1.29 is 0 Å². The first-order valence-electron chi connectivity index (χ1n) is 7.73. The Balaban J connectivity index is 2.79. The zero-order valence-electron chi connectivity index (χ0n) is 13.7. The molecule has 0 amide bonds. The summed E-state index contributed by atoms with van der Waals surface area (Å²) >= 11 is 1.70. The van der Waals surface area contributed by atoms with Gasteiger partial charge in [0, 0.05) is 25.2 Å². The van der Waals surface area contributed by atoms with Crippen molar-refractivity contribution in [3.8, 4) is 0 Å². The van der Waals surface area contributed by atoms with Crippen LogP contribution in [0, 0.1) is 0 Å². The molecule has 22 heavy (non-hydrogen) atoms. The van der Waals surface area contributed by atoms with E-state index in [0.29, 0.717) is 11.0 Å². The van der Waals surface area contributed by atoms with E-state index in [1.54, 1.807) is 18.8 Å². The molecule has 0 atom stereocenters. The molecule has 120 valence electrons. The van der Waals surface area contributed by atoms with Crippen LogP contribution in [0.3, 0.4) is 0 Å². The molecule has 0 aliphatic heterocycles. The van der Waals surface area contributed by atoms with Crippen molar-refractivity contribution in [1.29, 1.82) is 0 Å². The molecule has 0 aliphatic rings. The number of nitrogens with zero attached hydrogens (tertiary/aromatic N) is 3. The zero-order valence-corrected chi connectivity index (χ0v) is 14.5. The predicted molar refractivity (Wildman–Crippen MR) is 91.9 cm³/mol. The molecular formula is C16H23N3O2S. The quantitative estimate of drug-likeness (QED) is 0.767. The van der Waals surface area contributed by atoms with Crippen LogP contribution in [0.1, 0.15) is 38.7 Å². The number of fused-ring (bicyclic) bond motifs is 1. The number of thioether (sulfide) groups is 1. The molecule has 0 aromatic carbocycles. The van der Waals surface area contributed by atoms with Gasteiger partial charge in [0.25, 0.3) is 5.56 Å². The molecule has 0 saturated heterocycles. The topological polar surface area (TPSA) is 56.9 Å². The first-order valence-corrected chi connectivity index (χ1v) is 8.71. The summed E-state index contributed by atoms with van der Waals surface area (Å²) in [5.74, 6) is 0.949. The van der Waals surface area contributed by atoms with Crippen molar-refractivity contribution in [2.75, 3.05) is 5.75 Å². The molecule has 2 aromatic heterocycles. The van der Waals surface area contributed by atoms with E-state index in [1.165, 1.54) is 16.2 Å². The summed E-state index contributed by atoms with van der Waals surface area (Å²) in [5.41, 5.74) is 1.01. The van der Waals surface area contributed by atoms with E-state index in [1.807, 2.05) is 6.20 Å². The van der Waals surface area contributed by atoms with Gasteiger partial charge in [0.15, 0.2) is 0 Å². The highest BCUT2D eigenvalue weighted by Gasteiger charge is 2.17. The summed E-state index contributed by atoms with van der Waals surface area (Å²) in [5, 5.41) is 0.580. The molecule has 0 radical (unpaired) electrons. The van der Waals surface area contributed by atoms with E-state index in [2.05, 4.69) is 18.8 Å². The standard InChI is InChI=1S/C16H23N3O2S/c1-5-7-8-11-10-17-14-12(13(11)22-9-6-2)15(20)19(4)16(21)18(14)3/h10H,5-9H2,1-4H3. The van der Waals surface area contributed by atoms with Crippen LogP contribution in [0.5, 0.6) is 0 Å². The van der Waals surface area contributed by atoms with Gasteiger partial charge in [0.2, 0.25) is 0 Å². The Labute approximate surface area is 134 Å². The minimum atomic E-state index is -0.335. The van der Waals surface area contributed by atoms with E-state index in [9.17, 15) is 9.59 Å². The zero-order chi connectivity index (χ0) is 16.3. The Morgan fingerprint density at radius 2 is 1.86 bits per heavy atom. The third-order valence-electron chi connectivity index (χ3n) is 3.75. The van der Waals surface area contributed by atoms with E-state index in [4.69, 9.17) is 0 Å². The first-order chi connectivity index (χ1) is 10.5. The summed E-state index contributed by atoms with van der Waals surface area (Å²) < 4.78 is 2.62. The van der Waals surface area contributed by atoms with Gasteiger partial charge in [-0.3, -0.25) is 13.9 Å². The van der Waals surface area contributed by atoms with E-state index in [-0.39, 0.29) is 11.2 Å². The Morgan fingerprint density at radius 1 is 1.14 bits per heavy atom. The maximum Gasteiger partial charge on any atom is 0.332 e. The van der Waals surface area contributed by atoms with Gasteiger partial charge in [0.1, 0.15) is 5.65 Å². The van der Waals surface area contributed by atoms with Crippen molar-refractivity contribution in [2.24, 2.45) is 14.1 Å². The van der Waals surface area contributed by atoms with E-state index < -0.39 is 0 Å². The summed E-state index contributed by atoms with van der Waals surface area (Å²) in [6.45, 7) is 4.27. The monoisotopic (exact) mass is 321 g/mol. The van der Waals surface area contributed by atoms with Crippen LogP contribution in [-0.4, -0.2) is 19.9 Å². The van der Waals surface area contributed by atoms with E-state index in [0.717, 1.165) is 41.9 Å². The highest BCUT2D eigenvalue weighted by Crippen LogP contribution is 2.29. The molecule has 0 bridgehead atoms. The molecule has 0 aliphatic carbocycles. The number of rotatable bonds is 6. The fourth-order valence-electron chi connectivity index (χ4n) is 2.46. The summed E-state index contributed by atoms with van der Waals surface area (Å²) in [4.78, 5) is 30.1. The smallest absolute Gasteiger partial charge is 0.280 e. The second-order valence-corrected chi connectivity index (χ2v) is 6.57. The normalized spacial score (nSPS) is 11.3. The van der Waals surface area contributed by atoms with Crippen molar-refractivity contribution in [3.05, 3.63) is 32.6 Å². The minimum absolute atomic E-state index is 0.248. The predicted octanol–water partition coefficient (Wildman–Crippen LogP) is 2.48. The second kappa shape index (κ2) is 7.13. The molecular weight excluding hydrogens is 298 g/mol. The Bertz CT molecular complexity index is 793. The van der Waals surface area contributed by atoms with Gasteiger partial charge >= 0.3 is 5.69 Å². The number of aromatic nitrogens is 3. The van der Waals surface area contributed by atoms with Gasteiger partial charge < -0.3 is 0 Å². The molecule has 2 heterocycles. The van der Waals surface area contributed by atoms with Crippen LogP contribution in [0.4, 0.5) is 0 Å². The van der Waals surface area contributed by atoms with E-state index >= 15 is 0 Å². The van der Waals surface area contributed by atoms with Gasteiger partial charge in [-0.1, -0.05) is 20.3 Å². The maximum absolute atomic E-state index is 12.6. The van der Waals surface area contributed by atoms with Crippen LogP contribution in [0.15, 0.2) is 20.7 Å². The average Bonchev–Trinajstić information content (AvgIpc) is 2.53. The molecule has 0 fully saturated rings. The van der Waals surface area contributed by atoms with Crippen molar-refractivity contribution in [1.82, 2.24) is 14.1 Å². The van der Waals surface area contributed by atoms with Crippen molar-refractivity contribution in [2.45, 2.75) is 44.4 Å². The lowest BCUT2D eigenvalue weighted by molar-refractivity contribution is 0.703. The Kier molecular flexibility index (Phi) is 5.45. The number of hydrogen-bond acceptors (Lipinski definition) is 4. The van der Waals surface area contributed by atoms with Crippen LogP contribution >= 0.6 is 11.8 Å². The van der Waals surface area contributed by atoms with Crippen LogP contribution in [0.2, 0.25) is 0 Å². The molecule has 2 rings (SSSR count). The third kappa shape index (κ3) is 2.97. The lowest BCUT2D eigenvalue weighted by atomic mass is 10.1. The van der Waals surface area contributed by atoms with Crippen LogP contribution in [0.25, 0.3) is 11.0 Å². The number of hydrogen-bond donors (Lipinski definition) is 0. The second-order valence-electron chi connectivity index (χ2n) is 5.47. The van der Waals surface area contributed by atoms with Crippen molar-refractivity contribution in [3.63, 3.8) is 0 Å². The summed E-state index contributed by atoms with van der Waals surface area (Å²) in [7, 11) is 3.19. The summed E-state index contributed by atoms with van der Waals surface area (Å²) in [6, 6.07) is 0. The number of pyridine rings is 1. The van der Waals surface area contributed by atoms with Gasteiger partial charge in [-0.15, -0.1) is 11.8 Å². The molecule has 0 spiro atoms. The highest BCUT2D eigenvalue weighted by atomic mass is 32.2. The van der Waals surface area contributed by atoms with Gasteiger partial charge in [-0.05, 0) is 30.6 Å².